The van der Waals surface area contributed by atoms with Crippen LogP contribution >= 0.6 is 11.3 Å². The second-order valence-corrected chi connectivity index (χ2v) is 5.03. The van der Waals surface area contributed by atoms with E-state index in [0.717, 1.165) is 17.1 Å². The van der Waals surface area contributed by atoms with E-state index in [2.05, 4.69) is 4.98 Å². The lowest BCUT2D eigenvalue weighted by Gasteiger charge is -2.06. The number of alkyl halides is 3. The largest absolute Gasteiger partial charge is 0.417 e. The Hall–Kier alpha value is -2.15. The number of hydrogen-bond acceptors (Lipinski definition) is 3. The lowest BCUT2D eigenvalue weighted by atomic mass is 10.2. The summed E-state index contributed by atoms with van der Waals surface area (Å²) in [7, 11) is 0. The van der Waals surface area contributed by atoms with Gasteiger partial charge in [-0.1, -0.05) is 6.07 Å². The molecule has 0 fully saturated rings. The molecule has 3 aromatic rings. The summed E-state index contributed by atoms with van der Waals surface area (Å²) in [5.41, 5.74) is 0.00889. The summed E-state index contributed by atoms with van der Waals surface area (Å²) in [6.07, 6.45) is -3.04. The van der Waals surface area contributed by atoms with Gasteiger partial charge in [-0.05, 0) is 23.6 Å². The standard InChI is InChI=1S/C13H7F3N2OS/c14-13(15,16)8-3-4-11-17-12(10-2-1-5-20-10)9(7-19)18(11)6-8/h1-7H. The van der Waals surface area contributed by atoms with E-state index in [1.54, 1.807) is 12.1 Å². The fraction of sp³-hybridized carbons (Fsp3) is 0.0769. The van der Waals surface area contributed by atoms with E-state index in [1.807, 2.05) is 5.38 Å². The number of imidazole rings is 1. The second-order valence-electron chi connectivity index (χ2n) is 4.08. The van der Waals surface area contributed by atoms with Crippen LogP contribution < -0.4 is 0 Å². The van der Waals surface area contributed by atoms with Crippen molar-refractivity contribution in [1.29, 1.82) is 0 Å². The lowest BCUT2D eigenvalue weighted by molar-refractivity contribution is -0.137. The first kappa shape index (κ1) is 12.9. The topological polar surface area (TPSA) is 34.4 Å². The van der Waals surface area contributed by atoms with E-state index in [0.29, 0.717) is 17.6 Å². The zero-order valence-electron chi connectivity index (χ0n) is 9.89. The van der Waals surface area contributed by atoms with Crippen molar-refractivity contribution in [2.45, 2.75) is 6.18 Å². The van der Waals surface area contributed by atoms with Gasteiger partial charge in [0.15, 0.2) is 6.29 Å². The molecule has 0 aromatic carbocycles. The molecule has 102 valence electrons. The van der Waals surface area contributed by atoms with Crippen molar-refractivity contribution in [3.8, 4) is 10.6 Å². The van der Waals surface area contributed by atoms with Crippen molar-refractivity contribution in [2.24, 2.45) is 0 Å². The molecule has 0 aliphatic heterocycles. The molecule has 0 radical (unpaired) electrons. The Morgan fingerprint density at radius 2 is 2.05 bits per heavy atom. The molecule has 0 saturated carbocycles. The number of fused-ring (bicyclic) bond motifs is 1. The predicted octanol–water partition coefficient (Wildman–Crippen LogP) is 3.89. The Labute approximate surface area is 115 Å². The summed E-state index contributed by atoms with van der Waals surface area (Å²) < 4.78 is 39.3. The highest BCUT2D eigenvalue weighted by Crippen LogP contribution is 2.32. The summed E-state index contributed by atoms with van der Waals surface area (Å²) in [5.74, 6) is 0. The Kier molecular flexibility index (Phi) is 2.86. The minimum Gasteiger partial charge on any atom is -0.296 e. The maximum absolute atomic E-state index is 12.7. The summed E-state index contributed by atoms with van der Waals surface area (Å²) in [6.45, 7) is 0. The first-order valence-electron chi connectivity index (χ1n) is 5.59. The van der Waals surface area contributed by atoms with Crippen LogP contribution in [0.4, 0.5) is 13.2 Å². The van der Waals surface area contributed by atoms with Gasteiger partial charge in [0, 0.05) is 6.20 Å². The molecule has 0 aliphatic rings. The van der Waals surface area contributed by atoms with Gasteiger partial charge in [-0.25, -0.2) is 4.98 Å². The number of rotatable bonds is 2. The van der Waals surface area contributed by atoms with Gasteiger partial charge in [0.25, 0.3) is 0 Å². The van der Waals surface area contributed by atoms with Crippen molar-refractivity contribution >= 4 is 23.3 Å². The number of thiophene rings is 1. The number of hydrogen-bond donors (Lipinski definition) is 0. The molecule has 0 amide bonds. The molecule has 7 heteroatoms. The third kappa shape index (κ3) is 2.00. The van der Waals surface area contributed by atoms with Crippen molar-refractivity contribution in [2.75, 3.05) is 0 Å². The highest BCUT2D eigenvalue weighted by atomic mass is 32.1. The number of pyridine rings is 1. The lowest BCUT2D eigenvalue weighted by Crippen LogP contribution is -2.06. The maximum atomic E-state index is 12.7. The molecule has 3 rings (SSSR count). The third-order valence-corrected chi connectivity index (χ3v) is 3.73. The zero-order valence-corrected chi connectivity index (χ0v) is 10.7. The first-order chi connectivity index (χ1) is 9.50. The average molecular weight is 296 g/mol. The van der Waals surface area contributed by atoms with Crippen molar-refractivity contribution < 1.29 is 18.0 Å². The SMILES string of the molecule is O=Cc1c(-c2cccs2)nc2ccc(C(F)(F)F)cn12. The molecule has 0 unspecified atom stereocenters. The quantitative estimate of drug-likeness (QED) is 0.672. The number of aromatic nitrogens is 2. The van der Waals surface area contributed by atoms with Gasteiger partial charge in [0.1, 0.15) is 17.0 Å². The molecule has 0 saturated heterocycles. The summed E-state index contributed by atoms with van der Waals surface area (Å²) in [6, 6.07) is 5.77. The van der Waals surface area contributed by atoms with E-state index in [-0.39, 0.29) is 5.69 Å². The smallest absolute Gasteiger partial charge is 0.296 e. The van der Waals surface area contributed by atoms with Crippen LogP contribution in [-0.2, 0) is 6.18 Å². The second kappa shape index (κ2) is 4.45. The van der Waals surface area contributed by atoms with Crippen LogP contribution in [-0.4, -0.2) is 15.7 Å². The Bertz CT molecular complexity index is 775. The van der Waals surface area contributed by atoms with Gasteiger partial charge >= 0.3 is 6.18 Å². The van der Waals surface area contributed by atoms with Crippen molar-refractivity contribution in [3.63, 3.8) is 0 Å². The van der Waals surface area contributed by atoms with Crippen LogP contribution in [0.1, 0.15) is 16.1 Å². The summed E-state index contributed by atoms with van der Waals surface area (Å²) in [4.78, 5) is 16.2. The van der Waals surface area contributed by atoms with Crippen LogP contribution in [0.2, 0.25) is 0 Å². The van der Waals surface area contributed by atoms with Crippen LogP contribution in [0, 0.1) is 0 Å². The molecule has 3 nitrogen and oxygen atoms in total. The molecular formula is C13H7F3N2OS. The number of aldehydes is 1. The molecule has 0 N–H and O–H groups in total. The van der Waals surface area contributed by atoms with Gasteiger partial charge in [-0.2, -0.15) is 13.2 Å². The van der Waals surface area contributed by atoms with Crippen LogP contribution in [0.15, 0.2) is 35.8 Å². The minimum atomic E-state index is -4.46. The summed E-state index contributed by atoms with van der Waals surface area (Å²) in [5, 5.41) is 1.81. The molecule has 0 bridgehead atoms. The zero-order chi connectivity index (χ0) is 14.3. The fourth-order valence-corrected chi connectivity index (χ4v) is 2.66. The van der Waals surface area contributed by atoms with Gasteiger partial charge in [0.05, 0.1) is 10.4 Å². The van der Waals surface area contributed by atoms with E-state index >= 15 is 0 Å². The van der Waals surface area contributed by atoms with Crippen molar-refractivity contribution in [1.82, 2.24) is 9.38 Å². The fourth-order valence-electron chi connectivity index (χ4n) is 1.94. The highest BCUT2D eigenvalue weighted by Gasteiger charge is 2.31. The molecule has 20 heavy (non-hydrogen) atoms. The Morgan fingerprint density at radius 3 is 2.65 bits per heavy atom. The number of carbonyl (C=O) groups is 1. The van der Waals surface area contributed by atoms with Crippen LogP contribution in [0.5, 0.6) is 0 Å². The van der Waals surface area contributed by atoms with E-state index in [1.165, 1.54) is 21.8 Å². The Balaban J connectivity index is 2.28. The van der Waals surface area contributed by atoms with Gasteiger partial charge in [-0.3, -0.25) is 9.20 Å². The Morgan fingerprint density at radius 1 is 1.25 bits per heavy atom. The monoisotopic (exact) mass is 296 g/mol. The molecule has 3 heterocycles. The molecule has 0 aliphatic carbocycles. The van der Waals surface area contributed by atoms with Crippen molar-refractivity contribution in [3.05, 3.63) is 47.1 Å². The first-order valence-corrected chi connectivity index (χ1v) is 6.47. The van der Waals surface area contributed by atoms with E-state index in [9.17, 15) is 18.0 Å². The average Bonchev–Trinajstić information content (AvgIpc) is 3.03. The number of nitrogens with zero attached hydrogens (tertiary/aromatic N) is 2. The highest BCUT2D eigenvalue weighted by molar-refractivity contribution is 7.13. The number of carbonyl (C=O) groups excluding carboxylic acids is 1. The van der Waals surface area contributed by atoms with Crippen LogP contribution in [0.25, 0.3) is 16.2 Å². The molecular weight excluding hydrogens is 289 g/mol. The third-order valence-electron chi connectivity index (χ3n) is 2.85. The molecule has 0 spiro atoms. The maximum Gasteiger partial charge on any atom is 0.417 e. The predicted molar refractivity (Wildman–Crippen MR) is 68.9 cm³/mol. The van der Waals surface area contributed by atoms with E-state index < -0.39 is 11.7 Å². The minimum absolute atomic E-state index is 0.119. The van der Waals surface area contributed by atoms with Gasteiger partial charge in [0.2, 0.25) is 0 Å². The molecule has 3 aromatic heterocycles. The van der Waals surface area contributed by atoms with Gasteiger partial charge in [-0.15, -0.1) is 11.3 Å². The number of halogens is 3. The van der Waals surface area contributed by atoms with Gasteiger partial charge < -0.3 is 0 Å². The molecule has 0 atom stereocenters. The van der Waals surface area contributed by atoms with E-state index in [4.69, 9.17) is 0 Å². The van der Waals surface area contributed by atoms with Crippen LogP contribution in [0.3, 0.4) is 0 Å². The normalized spacial score (nSPS) is 11.9. The summed E-state index contributed by atoms with van der Waals surface area (Å²) >= 11 is 1.37.